The standard InChI is InChI=1S/C54H72ClN9O12/c1-54-14-11-40-39-8-6-38(65)28-35(39)5-7-41(40)42(54)9-10-46(54)62-76-33-48(67)57-15-19-71-21-23-73-25-26-74-24-22-72-20-16-58-51(68)34-12-17-64(18-13-34)53-59-31-43(55)50(61-53)60-37-27-36-29-45(75-32-47(66)56-2)52(69)63(3)49(36)44(30-37)70-4/h6,8,27-31,34,40-42,65H,5,7,9-26,32-33H2,1-4H3,(H,56,66)(H,57,67)(H,58,68)(H,59,60,61)/b62-46+/t40?,41?,42?,54-/m0/s1. The number of halogens is 1. The molecule has 1 aliphatic heterocycles. The van der Waals surface area contributed by atoms with E-state index in [0.29, 0.717) is 155 Å². The van der Waals surface area contributed by atoms with Gasteiger partial charge in [-0.05, 0) is 105 Å². The molecule has 76 heavy (non-hydrogen) atoms. The number of fused-ring (bicyclic) bond motifs is 6. The third-order valence-electron chi connectivity index (χ3n) is 15.3. The van der Waals surface area contributed by atoms with Crippen molar-refractivity contribution in [1.82, 2.24) is 30.5 Å². The number of aryl methyl sites for hydroxylation is 2. The van der Waals surface area contributed by atoms with E-state index in [4.69, 9.17) is 49.8 Å². The van der Waals surface area contributed by atoms with Crippen molar-refractivity contribution in [3.8, 4) is 17.2 Å². The number of pyridine rings is 1. The summed E-state index contributed by atoms with van der Waals surface area (Å²) in [6, 6.07) is 11.0. The monoisotopic (exact) mass is 1070 g/mol. The van der Waals surface area contributed by atoms with Crippen LogP contribution >= 0.6 is 11.6 Å². The van der Waals surface area contributed by atoms with Gasteiger partial charge in [-0.3, -0.25) is 19.2 Å². The number of oxime groups is 1. The number of phenols is 1. The molecule has 21 nitrogen and oxygen atoms in total. The van der Waals surface area contributed by atoms with Crippen molar-refractivity contribution >= 4 is 63.4 Å². The van der Waals surface area contributed by atoms with Gasteiger partial charge in [-0.2, -0.15) is 4.98 Å². The minimum Gasteiger partial charge on any atom is -0.508 e. The first-order chi connectivity index (χ1) is 36.9. The lowest BCUT2D eigenvalue weighted by Gasteiger charge is -2.49. The molecule has 412 valence electrons. The molecule has 2 aromatic heterocycles. The van der Waals surface area contributed by atoms with Crippen LogP contribution < -0.4 is 41.2 Å². The Labute approximate surface area is 447 Å². The molecule has 4 aliphatic rings. The van der Waals surface area contributed by atoms with Crippen LogP contribution in [0.2, 0.25) is 5.02 Å². The molecule has 0 bridgehead atoms. The lowest BCUT2D eigenvalue weighted by molar-refractivity contribution is -0.126. The average Bonchev–Trinajstić information content (AvgIpc) is 3.81. The Hall–Kier alpha value is -6.26. The van der Waals surface area contributed by atoms with Crippen molar-refractivity contribution in [2.75, 3.05) is 117 Å². The first-order valence-electron chi connectivity index (χ1n) is 26.3. The molecule has 22 heteroatoms. The summed E-state index contributed by atoms with van der Waals surface area (Å²) in [4.78, 5) is 67.0. The number of hydrogen-bond donors (Lipinski definition) is 5. The normalized spacial score (nSPS) is 20.6. The van der Waals surface area contributed by atoms with Gasteiger partial charge in [0.25, 0.3) is 17.4 Å². The molecule has 8 rings (SSSR count). The number of rotatable bonds is 26. The number of anilines is 3. The molecule has 1 saturated heterocycles. The first-order valence-corrected chi connectivity index (χ1v) is 26.7. The molecule has 3 aliphatic carbocycles. The van der Waals surface area contributed by atoms with Crippen LogP contribution in [0.3, 0.4) is 0 Å². The summed E-state index contributed by atoms with van der Waals surface area (Å²) in [7, 11) is 4.59. The van der Waals surface area contributed by atoms with Gasteiger partial charge in [0.05, 0.1) is 77.4 Å². The van der Waals surface area contributed by atoms with Crippen molar-refractivity contribution in [1.29, 1.82) is 0 Å². The predicted octanol–water partition coefficient (Wildman–Crippen LogP) is 5.01. The molecular weight excluding hydrogens is 1000 g/mol. The van der Waals surface area contributed by atoms with Gasteiger partial charge in [-0.15, -0.1) is 0 Å². The maximum atomic E-state index is 13.0. The Balaban J connectivity index is 0.627. The van der Waals surface area contributed by atoms with E-state index in [1.807, 2.05) is 17.0 Å². The van der Waals surface area contributed by atoms with Crippen molar-refractivity contribution in [2.24, 2.45) is 35.4 Å². The van der Waals surface area contributed by atoms with E-state index in [1.54, 1.807) is 25.2 Å². The summed E-state index contributed by atoms with van der Waals surface area (Å²) < 4.78 is 35.0. The van der Waals surface area contributed by atoms with Gasteiger partial charge in [0.15, 0.2) is 24.8 Å². The van der Waals surface area contributed by atoms with Gasteiger partial charge in [-0.25, -0.2) is 4.98 Å². The topological polar surface area (TPSA) is 248 Å². The highest BCUT2D eigenvalue weighted by Gasteiger charge is 2.54. The number of phenolic OH excluding ortho intramolecular Hbond substituents is 1. The largest absolute Gasteiger partial charge is 0.508 e. The summed E-state index contributed by atoms with van der Waals surface area (Å²) in [6.45, 7) is 6.87. The van der Waals surface area contributed by atoms with Crippen LogP contribution in [0, 0.1) is 23.2 Å². The zero-order valence-corrected chi connectivity index (χ0v) is 44.7. The number of carbonyl (C=O) groups is 3. The number of piperidine rings is 1. The number of benzene rings is 2. The number of carbonyl (C=O) groups excluding carboxylic acids is 3. The Morgan fingerprint density at radius 1 is 0.855 bits per heavy atom. The fourth-order valence-corrected chi connectivity index (χ4v) is 11.5. The summed E-state index contributed by atoms with van der Waals surface area (Å²) >= 11 is 6.55. The number of nitrogens with zero attached hydrogens (tertiary/aromatic N) is 5. The molecule has 4 atom stereocenters. The fourth-order valence-electron chi connectivity index (χ4n) is 11.3. The van der Waals surface area contributed by atoms with Crippen LogP contribution in [-0.4, -0.2) is 149 Å². The second-order valence-corrected chi connectivity index (χ2v) is 20.3. The van der Waals surface area contributed by atoms with Crippen LogP contribution in [0.5, 0.6) is 17.2 Å². The average molecular weight is 1070 g/mol. The van der Waals surface area contributed by atoms with E-state index in [9.17, 15) is 24.3 Å². The predicted molar refractivity (Wildman–Crippen MR) is 286 cm³/mol. The number of nitrogens with one attached hydrogen (secondary N) is 4. The zero-order chi connectivity index (χ0) is 53.6. The fraction of sp³-hybridized carbons (Fsp3) is 0.574. The number of hydrogen-bond acceptors (Lipinski definition) is 17. The third-order valence-corrected chi connectivity index (χ3v) is 15.6. The lowest BCUT2D eigenvalue weighted by atomic mass is 9.55. The van der Waals surface area contributed by atoms with Crippen LogP contribution in [0.1, 0.15) is 68.9 Å². The van der Waals surface area contributed by atoms with Crippen molar-refractivity contribution in [3.05, 3.63) is 69.1 Å². The minimum absolute atomic E-state index is 0.00471. The number of amides is 3. The van der Waals surface area contributed by atoms with Gasteiger partial charge < -0.3 is 69.1 Å². The quantitative estimate of drug-likeness (QED) is 0.0410. The molecule has 0 spiro atoms. The Bertz CT molecular complexity index is 2750. The number of methoxy groups -OCH3 is 1. The van der Waals surface area contributed by atoms with Crippen molar-refractivity contribution in [2.45, 2.75) is 64.2 Å². The van der Waals surface area contributed by atoms with Crippen LogP contribution in [0.25, 0.3) is 10.9 Å². The number of aromatic nitrogens is 3. The summed E-state index contributed by atoms with van der Waals surface area (Å²) in [5.41, 5.74) is 4.47. The Morgan fingerprint density at radius 3 is 2.28 bits per heavy atom. The molecule has 3 unspecified atom stereocenters. The second kappa shape index (κ2) is 26.7. The summed E-state index contributed by atoms with van der Waals surface area (Å²) in [6.07, 6.45) is 9.04. The Kier molecular flexibility index (Phi) is 19.6. The maximum Gasteiger partial charge on any atom is 0.293 e. The molecule has 5 N–H and O–H groups in total. The van der Waals surface area contributed by atoms with Gasteiger partial charge in [-0.1, -0.05) is 29.7 Å². The SMILES string of the molecule is CNC(=O)COc1cc2cc(Nc3nc(N4CCC(C(=O)NCCOCCOCCOCCOCCNC(=O)CO/N=C5\CCC6C7CCc8cc(O)ccc8C7CC[C@]56C)CC4)ncc3Cl)cc(OC)c2n(C)c1=O. The molecule has 4 aromatic rings. The zero-order valence-electron chi connectivity index (χ0n) is 44.0. The second-order valence-electron chi connectivity index (χ2n) is 19.9. The van der Waals surface area contributed by atoms with Gasteiger partial charge >= 0.3 is 0 Å². The van der Waals surface area contributed by atoms with E-state index in [1.165, 1.54) is 36.0 Å². The number of aromatic hydroxyl groups is 1. The summed E-state index contributed by atoms with van der Waals surface area (Å²) in [5, 5.41) is 26.9. The highest BCUT2D eigenvalue weighted by Crippen LogP contribution is 2.60. The van der Waals surface area contributed by atoms with Gasteiger partial charge in [0.1, 0.15) is 16.5 Å². The van der Waals surface area contributed by atoms with Crippen molar-refractivity contribution in [3.63, 3.8) is 0 Å². The summed E-state index contributed by atoms with van der Waals surface area (Å²) in [5.74, 6) is 2.51. The Morgan fingerprint density at radius 2 is 1.57 bits per heavy atom. The minimum atomic E-state index is -0.418. The van der Waals surface area contributed by atoms with E-state index in [-0.39, 0.29) is 48.0 Å². The first kappa shape index (κ1) is 56.0. The molecule has 2 aromatic carbocycles. The van der Waals surface area contributed by atoms with Crippen LogP contribution in [0.15, 0.2) is 52.5 Å². The van der Waals surface area contributed by atoms with Crippen LogP contribution in [-0.2, 0) is 51.6 Å². The molecule has 0 radical (unpaired) electrons. The van der Waals surface area contributed by atoms with Crippen LogP contribution in [0.4, 0.5) is 17.5 Å². The highest BCUT2D eigenvalue weighted by molar-refractivity contribution is 6.33. The van der Waals surface area contributed by atoms with E-state index < -0.39 is 5.56 Å². The van der Waals surface area contributed by atoms with Gasteiger partial charge in [0, 0.05) is 68.7 Å². The van der Waals surface area contributed by atoms with Crippen molar-refractivity contribution < 1.29 is 52.7 Å². The molecular formula is C54H72ClN9O12. The van der Waals surface area contributed by atoms with E-state index in [0.717, 1.165) is 44.2 Å². The molecule has 3 fully saturated rings. The number of ether oxygens (including phenoxy) is 6. The third kappa shape index (κ3) is 13.8. The smallest absolute Gasteiger partial charge is 0.293 e. The lowest BCUT2D eigenvalue weighted by Crippen LogP contribution is -2.42. The van der Waals surface area contributed by atoms with E-state index in [2.05, 4.69) is 44.4 Å². The van der Waals surface area contributed by atoms with Gasteiger partial charge in [0.2, 0.25) is 11.9 Å². The molecule has 3 heterocycles. The molecule has 3 amide bonds. The number of likely N-dealkylation sites (N-methyl/N-ethyl adjacent to an activating group) is 1. The van der Waals surface area contributed by atoms with E-state index >= 15 is 0 Å². The highest BCUT2D eigenvalue weighted by atomic mass is 35.5. The molecule has 2 saturated carbocycles. The maximum absolute atomic E-state index is 13.0.